The maximum atomic E-state index is 12.4. The molecular formula is C14H12F2N2O5S. The van der Waals surface area contributed by atoms with Gasteiger partial charge in [-0.3, -0.25) is 14.8 Å². The summed E-state index contributed by atoms with van der Waals surface area (Å²) < 4.78 is 55.9. The summed E-state index contributed by atoms with van der Waals surface area (Å²) in [6, 6.07) is 8.19. The molecule has 24 heavy (non-hydrogen) atoms. The average molecular weight is 358 g/mol. The van der Waals surface area contributed by atoms with Crippen molar-refractivity contribution in [3.63, 3.8) is 0 Å². The zero-order chi connectivity index (χ0) is 17.9. The van der Waals surface area contributed by atoms with Crippen molar-refractivity contribution in [3.05, 3.63) is 58.1 Å². The van der Waals surface area contributed by atoms with Gasteiger partial charge in [0.1, 0.15) is 5.75 Å². The first kappa shape index (κ1) is 17.6. The number of sulfonamides is 1. The highest BCUT2D eigenvalue weighted by atomic mass is 32.2. The van der Waals surface area contributed by atoms with Crippen molar-refractivity contribution in [3.8, 4) is 5.75 Å². The van der Waals surface area contributed by atoms with Crippen LogP contribution in [-0.2, 0) is 10.0 Å². The SMILES string of the molecule is Cc1ccc(OC(F)F)c(NS(=O)(=O)c2ccc([N+](=O)[O-])cc2)c1. The van der Waals surface area contributed by atoms with E-state index in [0.717, 1.165) is 24.3 Å². The smallest absolute Gasteiger partial charge is 0.387 e. The van der Waals surface area contributed by atoms with E-state index in [-0.39, 0.29) is 22.0 Å². The molecule has 0 aliphatic rings. The predicted octanol–water partition coefficient (Wildman–Crippen LogP) is 3.31. The standard InChI is InChI=1S/C14H12F2N2O5S/c1-9-2-7-13(23-14(15)16)12(8-9)17-24(21,22)11-5-3-10(4-6-11)18(19)20/h2-8,14,17H,1H3. The molecule has 0 aliphatic carbocycles. The molecule has 0 fully saturated rings. The molecule has 2 aromatic carbocycles. The molecule has 7 nitrogen and oxygen atoms in total. The van der Waals surface area contributed by atoms with E-state index < -0.39 is 21.6 Å². The lowest BCUT2D eigenvalue weighted by atomic mass is 10.2. The number of nitrogens with zero attached hydrogens (tertiary/aromatic N) is 1. The third-order valence-electron chi connectivity index (χ3n) is 2.95. The van der Waals surface area contributed by atoms with Crippen molar-refractivity contribution < 1.29 is 26.9 Å². The second-order valence-corrected chi connectivity index (χ2v) is 6.42. The van der Waals surface area contributed by atoms with Gasteiger partial charge in [-0.1, -0.05) is 6.07 Å². The highest BCUT2D eigenvalue weighted by Crippen LogP contribution is 2.29. The van der Waals surface area contributed by atoms with Crippen LogP contribution in [0.5, 0.6) is 5.75 Å². The first-order chi connectivity index (χ1) is 11.2. The van der Waals surface area contributed by atoms with Crippen molar-refractivity contribution in [1.82, 2.24) is 0 Å². The normalized spacial score (nSPS) is 11.3. The summed E-state index contributed by atoms with van der Waals surface area (Å²) >= 11 is 0. The number of nitro groups is 1. The van der Waals surface area contributed by atoms with E-state index in [4.69, 9.17) is 0 Å². The summed E-state index contributed by atoms with van der Waals surface area (Å²) in [5, 5.41) is 10.6. The van der Waals surface area contributed by atoms with Crippen LogP contribution < -0.4 is 9.46 Å². The fourth-order valence-electron chi connectivity index (χ4n) is 1.87. The number of anilines is 1. The zero-order valence-electron chi connectivity index (χ0n) is 12.3. The number of ether oxygens (including phenoxy) is 1. The number of non-ortho nitro benzene ring substituents is 1. The number of nitrogens with one attached hydrogen (secondary N) is 1. The zero-order valence-corrected chi connectivity index (χ0v) is 13.1. The molecule has 2 rings (SSSR count). The molecule has 0 bridgehead atoms. The minimum Gasteiger partial charge on any atom is -0.433 e. The average Bonchev–Trinajstić information content (AvgIpc) is 2.49. The quantitative estimate of drug-likeness (QED) is 0.631. The molecule has 0 saturated carbocycles. The number of hydrogen-bond acceptors (Lipinski definition) is 5. The van der Waals surface area contributed by atoms with Crippen LogP contribution in [0.3, 0.4) is 0 Å². The Morgan fingerprint density at radius 3 is 2.33 bits per heavy atom. The van der Waals surface area contributed by atoms with Gasteiger partial charge in [0, 0.05) is 12.1 Å². The summed E-state index contributed by atoms with van der Waals surface area (Å²) in [7, 11) is -4.13. The van der Waals surface area contributed by atoms with Gasteiger partial charge in [0.2, 0.25) is 0 Å². The molecule has 0 amide bonds. The lowest BCUT2D eigenvalue weighted by molar-refractivity contribution is -0.384. The highest BCUT2D eigenvalue weighted by Gasteiger charge is 2.19. The Hall–Kier alpha value is -2.75. The molecular weight excluding hydrogens is 346 g/mol. The molecule has 0 spiro atoms. The first-order valence-electron chi connectivity index (χ1n) is 6.52. The maximum Gasteiger partial charge on any atom is 0.387 e. The molecule has 0 aromatic heterocycles. The van der Waals surface area contributed by atoms with E-state index >= 15 is 0 Å². The minimum atomic E-state index is -4.13. The Morgan fingerprint density at radius 1 is 1.17 bits per heavy atom. The molecule has 2 aromatic rings. The van der Waals surface area contributed by atoms with Crippen LogP contribution in [-0.4, -0.2) is 20.0 Å². The number of nitro benzene ring substituents is 1. The topological polar surface area (TPSA) is 98.5 Å². The van der Waals surface area contributed by atoms with Gasteiger partial charge in [-0.05, 0) is 36.8 Å². The molecule has 10 heteroatoms. The Kier molecular flexibility index (Phi) is 4.98. The van der Waals surface area contributed by atoms with Gasteiger partial charge in [0.25, 0.3) is 15.7 Å². The van der Waals surface area contributed by atoms with Crippen LogP contribution in [0.1, 0.15) is 5.56 Å². The van der Waals surface area contributed by atoms with E-state index in [1.807, 2.05) is 0 Å². The van der Waals surface area contributed by atoms with Gasteiger partial charge in [-0.25, -0.2) is 8.42 Å². The lowest BCUT2D eigenvalue weighted by Crippen LogP contribution is -2.15. The summed E-state index contributed by atoms with van der Waals surface area (Å²) in [6.45, 7) is -1.47. The molecule has 0 atom stereocenters. The number of halogens is 2. The van der Waals surface area contributed by atoms with E-state index in [0.29, 0.717) is 5.56 Å². The summed E-state index contributed by atoms with van der Waals surface area (Å²) in [5.41, 5.74) is 0.192. The second-order valence-electron chi connectivity index (χ2n) is 4.73. The van der Waals surface area contributed by atoms with Crippen molar-refractivity contribution in [2.45, 2.75) is 18.4 Å². The van der Waals surface area contributed by atoms with Crippen LogP contribution >= 0.6 is 0 Å². The van der Waals surface area contributed by atoms with Crippen molar-refractivity contribution in [1.29, 1.82) is 0 Å². The Morgan fingerprint density at radius 2 is 1.79 bits per heavy atom. The molecule has 0 radical (unpaired) electrons. The van der Waals surface area contributed by atoms with E-state index in [2.05, 4.69) is 9.46 Å². The number of aryl methyl sites for hydroxylation is 1. The second kappa shape index (κ2) is 6.79. The maximum absolute atomic E-state index is 12.4. The van der Waals surface area contributed by atoms with Crippen molar-refractivity contribution in [2.75, 3.05) is 4.72 Å². The molecule has 1 N–H and O–H groups in total. The summed E-state index contributed by atoms with van der Waals surface area (Å²) in [4.78, 5) is 9.67. The Balaban J connectivity index is 2.35. The van der Waals surface area contributed by atoms with Crippen LogP contribution in [0.25, 0.3) is 0 Å². The molecule has 0 aliphatic heterocycles. The number of alkyl halides is 2. The predicted molar refractivity (Wildman–Crippen MR) is 81.7 cm³/mol. The number of hydrogen-bond donors (Lipinski definition) is 1. The first-order valence-corrected chi connectivity index (χ1v) is 8.00. The lowest BCUT2D eigenvalue weighted by Gasteiger charge is -2.14. The van der Waals surface area contributed by atoms with Gasteiger partial charge >= 0.3 is 6.61 Å². The van der Waals surface area contributed by atoms with Gasteiger partial charge < -0.3 is 4.74 Å². The van der Waals surface area contributed by atoms with E-state index in [1.165, 1.54) is 18.2 Å². The number of benzene rings is 2. The van der Waals surface area contributed by atoms with Crippen molar-refractivity contribution in [2.24, 2.45) is 0 Å². The molecule has 128 valence electrons. The Labute approximate surface area is 136 Å². The van der Waals surface area contributed by atoms with Crippen LogP contribution in [0.2, 0.25) is 0 Å². The summed E-state index contributed by atoms with van der Waals surface area (Å²) in [6.07, 6.45) is 0. The van der Waals surface area contributed by atoms with Crippen LogP contribution in [0.15, 0.2) is 47.4 Å². The van der Waals surface area contributed by atoms with Crippen LogP contribution in [0.4, 0.5) is 20.2 Å². The molecule has 0 saturated heterocycles. The third kappa shape index (κ3) is 4.16. The third-order valence-corrected chi connectivity index (χ3v) is 4.33. The fraction of sp³-hybridized carbons (Fsp3) is 0.143. The van der Waals surface area contributed by atoms with Crippen molar-refractivity contribution >= 4 is 21.4 Å². The Bertz CT molecular complexity index is 854. The van der Waals surface area contributed by atoms with E-state index in [1.54, 1.807) is 6.92 Å². The van der Waals surface area contributed by atoms with Gasteiger partial charge in [0.15, 0.2) is 0 Å². The summed E-state index contributed by atoms with van der Waals surface area (Å²) in [5.74, 6) is -0.332. The molecule has 0 unspecified atom stereocenters. The van der Waals surface area contributed by atoms with E-state index in [9.17, 15) is 27.3 Å². The minimum absolute atomic E-state index is 0.159. The largest absolute Gasteiger partial charge is 0.433 e. The number of rotatable bonds is 6. The fourth-order valence-corrected chi connectivity index (χ4v) is 2.93. The highest BCUT2D eigenvalue weighted by molar-refractivity contribution is 7.92. The van der Waals surface area contributed by atoms with Gasteiger partial charge in [-0.2, -0.15) is 8.78 Å². The van der Waals surface area contributed by atoms with Crippen LogP contribution in [0, 0.1) is 17.0 Å². The van der Waals surface area contributed by atoms with Gasteiger partial charge in [-0.15, -0.1) is 0 Å². The monoisotopic (exact) mass is 358 g/mol. The van der Waals surface area contributed by atoms with Gasteiger partial charge in [0.05, 0.1) is 15.5 Å². The molecule has 0 heterocycles.